The smallest absolute Gasteiger partial charge is 0.315 e. The summed E-state index contributed by atoms with van der Waals surface area (Å²) < 4.78 is 11.0. The van der Waals surface area contributed by atoms with E-state index < -0.39 is 0 Å². The summed E-state index contributed by atoms with van der Waals surface area (Å²) >= 11 is 0. The van der Waals surface area contributed by atoms with E-state index in [1.165, 1.54) is 0 Å². The molecule has 2 N–H and O–H groups in total. The summed E-state index contributed by atoms with van der Waals surface area (Å²) in [6, 6.07) is 7.89. The van der Waals surface area contributed by atoms with Gasteiger partial charge in [-0.05, 0) is 50.1 Å². The molecule has 8 heteroatoms. The number of carbonyl (C=O) groups is 1. The van der Waals surface area contributed by atoms with E-state index in [4.69, 9.17) is 9.15 Å². The normalized spacial score (nSPS) is 17.6. The molecule has 0 radical (unpaired) electrons. The first-order valence-corrected chi connectivity index (χ1v) is 9.57. The Hall–Kier alpha value is -2.45. The van der Waals surface area contributed by atoms with E-state index in [-0.39, 0.29) is 11.8 Å². The number of nitrogens with zero attached hydrogens (tertiary/aromatic N) is 3. The lowest BCUT2D eigenvalue weighted by molar-refractivity contribution is -0.117. The molecule has 2 fully saturated rings. The highest BCUT2D eigenvalue weighted by atomic mass is 16.5. The molecule has 1 aliphatic carbocycles. The van der Waals surface area contributed by atoms with Crippen LogP contribution in [0.5, 0.6) is 0 Å². The number of hydrogen-bond donors (Lipinski definition) is 2. The molecule has 144 valence electrons. The fourth-order valence-electron chi connectivity index (χ4n) is 3.02. The molecule has 27 heavy (non-hydrogen) atoms. The van der Waals surface area contributed by atoms with Crippen molar-refractivity contribution in [2.24, 2.45) is 5.92 Å². The molecule has 8 nitrogen and oxygen atoms in total. The van der Waals surface area contributed by atoms with Crippen molar-refractivity contribution in [2.75, 3.05) is 50.0 Å². The maximum absolute atomic E-state index is 11.8. The van der Waals surface area contributed by atoms with E-state index in [1.54, 1.807) is 0 Å². The van der Waals surface area contributed by atoms with E-state index in [0.29, 0.717) is 11.9 Å². The van der Waals surface area contributed by atoms with Gasteiger partial charge in [-0.15, -0.1) is 5.10 Å². The minimum absolute atomic E-state index is 0.101. The Morgan fingerprint density at radius 3 is 2.67 bits per heavy atom. The van der Waals surface area contributed by atoms with E-state index >= 15 is 0 Å². The maximum atomic E-state index is 11.8. The summed E-state index contributed by atoms with van der Waals surface area (Å²) in [5.41, 5.74) is 1.62. The molecule has 1 amide bonds. The van der Waals surface area contributed by atoms with Crippen molar-refractivity contribution in [1.82, 2.24) is 15.1 Å². The molecule has 1 saturated heterocycles. The van der Waals surface area contributed by atoms with Gasteiger partial charge >= 0.3 is 6.01 Å². The zero-order valence-electron chi connectivity index (χ0n) is 15.3. The fraction of sp³-hybridized carbons (Fsp3) is 0.526. The lowest BCUT2D eigenvalue weighted by Gasteiger charge is -2.26. The molecule has 0 unspecified atom stereocenters. The molecular weight excluding hydrogens is 346 g/mol. The molecule has 1 aromatic heterocycles. The van der Waals surface area contributed by atoms with Crippen molar-refractivity contribution in [1.29, 1.82) is 0 Å². The van der Waals surface area contributed by atoms with Crippen LogP contribution in [0.2, 0.25) is 0 Å². The van der Waals surface area contributed by atoms with Gasteiger partial charge in [0.05, 0.1) is 13.2 Å². The average molecular weight is 371 g/mol. The first kappa shape index (κ1) is 17.9. The average Bonchev–Trinajstić information content (AvgIpc) is 3.46. The second kappa shape index (κ2) is 8.49. The van der Waals surface area contributed by atoms with Crippen molar-refractivity contribution in [2.45, 2.75) is 19.3 Å². The quantitative estimate of drug-likeness (QED) is 0.687. The summed E-state index contributed by atoms with van der Waals surface area (Å²) in [7, 11) is 0. The van der Waals surface area contributed by atoms with Crippen molar-refractivity contribution in [3.8, 4) is 11.5 Å². The fourth-order valence-corrected chi connectivity index (χ4v) is 3.02. The van der Waals surface area contributed by atoms with Crippen LogP contribution in [-0.2, 0) is 9.53 Å². The summed E-state index contributed by atoms with van der Waals surface area (Å²) in [4.78, 5) is 14.2. The number of hydrogen-bond acceptors (Lipinski definition) is 7. The predicted octanol–water partition coefficient (Wildman–Crippen LogP) is 2.22. The van der Waals surface area contributed by atoms with Gasteiger partial charge in [-0.1, -0.05) is 5.10 Å². The van der Waals surface area contributed by atoms with E-state index in [2.05, 4.69) is 25.7 Å². The van der Waals surface area contributed by atoms with Crippen LogP contribution in [0.3, 0.4) is 0 Å². The largest absolute Gasteiger partial charge is 0.403 e. The highest BCUT2D eigenvalue weighted by Crippen LogP contribution is 2.30. The second-order valence-electron chi connectivity index (χ2n) is 6.99. The summed E-state index contributed by atoms with van der Waals surface area (Å²) in [6.45, 7) is 5.47. The maximum Gasteiger partial charge on any atom is 0.315 e. The molecular formula is C19H25N5O3. The molecule has 4 rings (SSSR count). The Labute approximate surface area is 158 Å². The Morgan fingerprint density at radius 2 is 1.93 bits per heavy atom. The predicted molar refractivity (Wildman–Crippen MR) is 101 cm³/mol. The first-order chi connectivity index (χ1) is 13.3. The molecule has 2 heterocycles. The molecule has 2 aromatic rings. The Balaban J connectivity index is 1.23. The third-order valence-corrected chi connectivity index (χ3v) is 4.80. The van der Waals surface area contributed by atoms with Crippen LogP contribution in [-0.4, -0.2) is 60.4 Å². The van der Waals surface area contributed by atoms with Crippen LogP contribution in [0, 0.1) is 5.92 Å². The minimum Gasteiger partial charge on any atom is -0.403 e. The number of anilines is 2. The zero-order valence-corrected chi connectivity index (χ0v) is 15.3. The van der Waals surface area contributed by atoms with E-state index in [9.17, 15) is 4.79 Å². The van der Waals surface area contributed by atoms with Crippen LogP contribution in [0.15, 0.2) is 28.7 Å². The van der Waals surface area contributed by atoms with Crippen LogP contribution < -0.4 is 10.6 Å². The molecule has 0 atom stereocenters. The molecule has 0 spiro atoms. The second-order valence-corrected chi connectivity index (χ2v) is 6.99. The lowest BCUT2D eigenvalue weighted by atomic mass is 10.2. The van der Waals surface area contributed by atoms with E-state index in [1.807, 2.05) is 24.3 Å². The van der Waals surface area contributed by atoms with Gasteiger partial charge in [0, 0.05) is 36.8 Å². The van der Waals surface area contributed by atoms with Crippen LogP contribution in [0.4, 0.5) is 11.7 Å². The van der Waals surface area contributed by atoms with Crippen molar-refractivity contribution < 1.29 is 13.9 Å². The number of benzene rings is 1. The van der Waals surface area contributed by atoms with Gasteiger partial charge in [-0.2, -0.15) is 0 Å². The summed E-state index contributed by atoms with van der Waals surface area (Å²) in [5, 5.41) is 14.2. The zero-order chi connectivity index (χ0) is 18.5. The molecule has 2 aliphatic rings. The molecule has 0 bridgehead atoms. The molecule has 1 saturated carbocycles. The SMILES string of the molecule is O=C(Nc1ccc(-c2nnc(NCCCN3CCOCC3)o2)cc1)C1CC1. The summed E-state index contributed by atoms with van der Waals surface area (Å²) in [5.74, 6) is 0.757. The number of ether oxygens (including phenoxy) is 1. The lowest BCUT2D eigenvalue weighted by Crippen LogP contribution is -2.37. The number of carbonyl (C=O) groups excluding carboxylic acids is 1. The highest BCUT2D eigenvalue weighted by Gasteiger charge is 2.29. The monoisotopic (exact) mass is 371 g/mol. The molecule has 1 aromatic carbocycles. The van der Waals surface area contributed by atoms with Crippen LogP contribution in [0.25, 0.3) is 11.5 Å². The van der Waals surface area contributed by atoms with Gasteiger partial charge in [0.1, 0.15) is 0 Å². The Morgan fingerprint density at radius 1 is 1.15 bits per heavy atom. The highest BCUT2D eigenvalue weighted by molar-refractivity contribution is 5.94. The molecule has 1 aliphatic heterocycles. The number of amides is 1. The summed E-state index contributed by atoms with van der Waals surface area (Å²) in [6.07, 6.45) is 3.00. The number of morpholine rings is 1. The van der Waals surface area contributed by atoms with Crippen LogP contribution >= 0.6 is 0 Å². The van der Waals surface area contributed by atoms with E-state index in [0.717, 1.165) is 69.9 Å². The topological polar surface area (TPSA) is 92.5 Å². The third kappa shape index (κ3) is 5.05. The standard InChI is InChI=1S/C19H25N5O3/c25-17(14-2-3-14)21-16-6-4-15(5-7-16)18-22-23-19(27-18)20-8-1-9-24-10-12-26-13-11-24/h4-7,14H,1-3,8-13H2,(H,20,23)(H,21,25). The van der Waals surface area contributed by atoms with Crippen LogP contribution in [0.1, 0.15) is 19.3 Å². The first-order valence-electron chi connectivity index (χ1n) is 9.57. The van der Waals surface area contributed by atoms with Gasteiger partial charge in [-0.25, -0.2) is 0 Å². The van der Waals surface area contributed by atoms with Gasteiger partial charge in [-0.3, -0.25) is 9.69 Å². The van der Waals surface area contributed by atoms with Crippen molar-refractivity contribution >= 4 is 17.6 Å². The van der Waals surface area contributed by atoms with Crippen molar-refractivity contribution in [3.05, 3.63) is 24.3 Å². The third-order valence-electron chi connectivity index (χ3n) is 4.80. The van der Waals surface area contributed by atoms with Gasteiger partial charge in [0.25, 0.3) is 0 Å². The number of rotatable bonds is 8. The number of nitrogens with one attached hydrogen (secondary N) is 2. The Kier molecular flexibility index (Phi) is 5.64. The number of aromatic nitrogens is 2. The van der Waals surface area contributed by atoms with Crippen molar-refractivity contribution in [3.63, 3.8) is 0 Å². The Bertz CT molecular complexity index is 751. The van der Waals surface area contributed by atoms with Gasteiger partial charge in [0.2, 0.25) is 11.8 Å². The minimum atomic E-state index is 0.101. The van der Waals surface area contributed by atoms with Gasteiger partial charge in [0.15, 0.2) is 0 Å². The van der Waals surface area contributed by atoms with Gasteiger partial charge < -0.3 is 19.8 Å².